The Kier molecular flexibility index (Phi) is 21.8. The number of ketones is 1. The number of carbonyl (C=O) groups is 3. The van der Waals surface area contributed by atoms with E-state index in [0.717, 1.165) is 57.3 Å². The van der Waals surface area contributed by atoms with Crippen LogP contribution in [0.2, 0.25) is 0 Å². The third-order valence-corrected chi connectivity index (χ3v) is 9.94. The molecule has 0 unspecified atom stereocenters. The van der Waals surface area contributed by atoms with Gasteiger partial charge < -0.3 is 34.1 Å². The quantitative estimate of drug-likeness (QED) is 0.0215. The van der Waals surface area contributed by atoms with Crippen molar-refractivity contribution in [2.75, 3.05) is 66.0 Å². The number of rotatable bonds is 31. The van der Waals surface area contributed by atoms with Crippen molar-refractivity contribution >= 4 is 28.4 Å². The second-order valence-electron chi connectivity index (χ2n) is 15.3. The van der Waals surface area contributed by atoms with Crippen molar-refractivity contribution in [1.29, 1.82) is 0 Å². The molecule has 14 nitrogen and oxygen atoms in total. The molecule has 0 fully saturated rings. The Morgan fingerprint density at radius 1 is 0.803 bits per heavy atom. The summed E-state index contributed by atoms with van der Waals surface area (Å²) in [5.74, 6) is -0.991. The van der Waals surface area contributed by atoms with Crippen molar-refractivity contribution in [3.8, 4) is 16.9 Å². The van der Waals surface area contributed by atoms with E-state index in [1.807, 2.05) is 93.6 Å². The van der Waals surface area contributed by atoms with Crippen LogP contribution in [0.5, 0.6) is 5.75 Å². The van der Waals surface area contributed by atoms with Gasteiger partial charge in [-0.15, -0.1) is 0 Å². The predicted octanol–water partition coefficient (Wildman–Crippen LogP) is 8.43. The third-order valence-electron chi connectivity index (χ3n) is 9.94. The molecule has 0 saturated heterocycles. The van der Waals surface area contributed by atoms with Gasteiger partial charge in [-0.2, -0.15) is 0 Å². The number of aliphatic carboxylic acids is 1. The van der Waals surface area contributed by atoms with E-state index in [0.29, 0.717) is 85.3 Å². The number of benzene rings is 3. The number of carbonyl (C=O) groups excluding carboxylic acids is 2. The van der Waals surface area contributed by atoms with Crippen LogP contribution in [0.15, 0.2) is 84.1 Å². The summed E-state index contributed by atoms with van der Waals surface area (Å²) in [7, 11) is 0. The first kappa shape index (κ1) is 48.3. The first-order chi connectivity index (χ1) is 29.6. The Labute approximate surface area is 358 Å². The van der Waals surface area contributed by atoms with Crippen LogP contribution in [0.1, 0.15) is 75.1 Å². The van der Waals surface area contributed by atoms with Crippen molar-refractivity contribution in [2.24, 2.45) is 11.0 Å². The SMILES string of the molecule is Cc1ccnc(CCCCC(=O)N[C@@H](CC(C)C)C(=O)C[C@@H](CC(=O)O)c2ccc(-c3ccc(OCCOCCOCCOCCOCCN=[N+]=[N-])c4ccccc34)cc2)c1. The lowest BCUT2D eigenvalue weighted by Crippen LogP contribution is -2.42. The average Bonchev–Trinajstić information content (AvgIpc) is 3.24. The van der Waals surface area contributed by atoms with Gasteiger partial charge in [-0.25, -0.2) is 0 Å². The van der Waals surface area contributed by atoms with Crippen LogP contribution < -0.4 is 10.1 Å². The van der Waals surface area contributed by atoms with E-state index >= 15 is 0 Å². The third kappa shape index (κ3) is 18.0. The van der Waals surface area contributed by atoms with E-state index < -0.39 is 17.9 Å². The Morgan fingerprint density at radius 2 is 1.46 bits per heavy atom. The Hall–Kier alpha value is -5.37. The maximum absolute atomic E-state index is 13.8. The first-order valence-corrected chi connectivity index (χ1v) is 21.2. The molecular formula is C47H61N5O9. The van der Waals surface area contributed by atoms with Crippen LogP contribution in [-0.4, -0.2) is 99.8 Å². The van der Waals surface area contributed by atoms with Crippen LogP contribution >= 0.6 is 0 Å². The first-order valence-electron chi connectivity index (χ1n) is 21.2. The minimum atomic E-state index is -0.990. The second-order valence-corrected chi connectivity index (χ2v) is 15.3. The van der Waals surface area contributed by atoms with E-state index in [-0.39, 0.29) is 30.4 Å². The lowest BCUT2D eigenvalue weighted by Gasteiger charge is -2.23. The van der Waals surface area contributed by atoms with Crippen molar-refractivity contribution in [3.63, 3.8) is 0 Å². The van der Waals surface area contributed by atoms with Crippen LogP contribution in [0.25, 0.3) is 32.3 Å². The molecule has 61 heavy (non-hydrogen) atoms. The number of pyridine rings is 1. The van der Waals surface area contributed by atoms with Gasteiger partial charge >= 0.3 is 5.97 Å². The summed E-state index contributed by atoms with van der Waals surface area (Å²) in [4.78, 5) is 45.8. The van der Waals surface area contributed by atoms with Crippen LogP contribution in [0.3, 0.4) is 0 Å². The normalized spacial score (nSPS) is 12.2. The number of nitrogens with zero attached hydrogens (tertiary/aromatic N) is 4. The summed E-state index contributed by atoms with van der Waals surface area (Å²) in [5, 5.41) is 18.2. The number of Topliss-reactive ketones (excluding diaryl/α,β-unsaturated/α-hetero) is 1. The number of carboxylic acid groups (broad SMARTS) is 1. The van der Waals surface area contributed by atoms with E-state index in [2.05, 4.69) is 20.3 Å². The van der Waals surface area contributed by atoms with Gasteiger partial charge in [-0.05, 0) is 89.9 Å². The molecule has 1 heterocycles. The van der Waals surface area contributed by atoms with Gasteiger partial charge in [0.05, 0.1) is 65.3 Å². The molecule has 14 heteroatoms. The number of aryl methyl sites for hydroxylation is 2. The number of hydrogen-bond acceptors (Lipinski definition) is 10. The van der Waals surface area contributed by atoms with Crippen molar-refractivity contribution in [2.45, 2.75) is 77.7 Å². The minimum Gasteiger partial charge on any atom is -0.491 e. The predicted molar refractivity (Wildman–Crippen MR) is 235 cm³/mol. The zero-order chi connectivity index (χ0) is 43.7. The zero-order valence-corrected chi connectivity index (χ0v) is 35.8. The highest BCUT2D eigenvalue weighted by atomic mass is 16.6. The number of nitrogens with one attached hydrogen (secondary N) is 1. The fraction of sp³-hybridized carbons (Fsp3) is 0.489. The minimum absolute atomic E-state index is 0.00307. The van der Waals surface area contributed by atoms with Gasteiger partial charge in [0.1, 0.15) is 12.4 Å². The number of aromatic nitrogens is 1. The van der Waals surface area contributed by atoms with Crippen LogP contribution in [-0.2, 0) is 39.8 Å². The molecule has 0 bridgehead atoms. The van der Waals surface area contributed by atoms with Gasteiger partial charge in [0.25, 0.3) is 0 Å². The molecule has 0 aliphatic rings. The molecule has 0 saturated carbocycles. The molecule has 328 valence electrons. The number of carboxylic acids is 1. The van der Waals surface area contributed by atoms with Crippen molar-refractivity contribution in [3.05, 3.63) is 106 Å². The Balaban J connectivity index is 1.27. The fourth-order valence-corrected chi connectivity index (χ4v) is 6.95. The molecule has 2 N–H and O–H groups in total. The molecule has 0 aliphatic heterocycles. The largest absolute Gasteiger partial charge is 0.491 e. The number of unbranched alkanes of at least 4 members (excludes halogenated alkanes) is 1. The molecule has 4 rings (SSSR count). The lowest BCUT2D eigenvalue weighted by molar-refractivity contribution is -0.137. The van der Waals surface area contributed by atoms with Gasteiger partial charge in [0, 0.05) is 47.5 Å². The van der Waals surface area contributed by atoms with E-state index in [1.165, 1.54) is 0 Å². The molecule has 1 aromatic heterocycles. The highest BCUT2D eigenvalue weighted by Crippen LogP contribution is 2.36. The van der Waals surface area contributed by atoms with Gasteiger partial charge in [0.15, 0.2) is 5.78 Å². The number of azide groups is 1. The van der Waals surface area contributed by atoms with E-state index in [1.54, 1.807) is 6.20 Å². The summed E-state index contributed by atoms with van der Waals surface area (Å²) in [6.45, 7) is 10.1. The zero-order valence-electron chi connectivity index (χ0n) is 35.8. The Bertz CT molecular complexity index is 2000. The molecule has 0 spiro atoms. The van der Waals surface area contributed by atoms with Gasteiger partial charge in [-0.1, -0.05) is 73.6 Å². The van der Waals surface area contributed by atoms with Crippen molar-refractivity contribution < 1.29 is 43.2 Å². The summed E-state index contributed by atoms with van der Waals surface area (Å²) in [6.07, 6.45) is 4.64. The summed E-state index contributed by atoms with van der Waals surface area (Å²) < 4.78 is 28.1. The van der Waals surface area contributed by atoms with Crippen LogP contribution in [0, 0.1) is 12.8 Å². The molecule has 0 aliphatic carbocycles. The molecule has 3 aromatic carbocycles. The monoisotopic (exact) mass is 839 g/mol. The summed E-state index contributed by atoms with van der Waals surface area (Å²) in [5.41, 5.74) is 13.1. The summed E-state index contributed by atoms with van der Waals surface area (Å²) in [6, 6.07) is 23.0. The number of hydrogen-bond donors (Lipinski definition) is 2. The number of ether oxygens (including phenoxy) is 5. The van der Waals surface area contributed by atoms with Gasteiger partial charge in [0.2, 0.25) is 5.91 Å². The van der Waals surface area contributed by atoms with Crippen molar-refractivity contribution in [1.82, 2.24) is 10.3 Å². The lowest BCUT2D eigenvalue weighted by atomic mass is 9.86. The summed E-state index contributed by atoms with van der Waals surface area (Å²) >= 11 is 0. The Morgan fingerprint density at radius 3 is 2.10 bits per heavy atom. The highest BCUT2D eigenvalue weighted by molar-refractivity contribution is 6.00. The maximum atomic E-state index is 13.8. The number of fused-ring (bicyclic) bond motifs is 1. The molecular weight excluding hydrogens is 779 g/mol. The molecule has 2 atom stereocenters. The highest BCUT2D eigenvalue weighted by Gasteiger charge is 2.27. The maximum Gasteiger partial charge on any atom is 0.303 e. The molecule has 0 radical (unpaired) electrons. The second kappa shape index (κ2) is 27.5. The molecule has 4 aromatic rings. The van der Waals surface area contributed by atoms with Crippen LogP contribution in [0.4, 0.5) is 0 Å². The average molecular weight is 840 g/mol. The van der Waals surface area contributed by atoms with E-state index in [9.17, 15) is 19.5 Å². The standard InChI is InChI=1S/C47H61N5O9/c1-34(2)30-43(51-46(54)11-7-4-8-39-31-35(3)18-19-49-39)44(53)32-38(33-47(55)56)36-12-14-37(15-13-36)40-16-17-45(42-10-6-5-9-41(40)42)61-29-28-60-27-26-59-25-24-58-23-22-57-21-20-50-52-48/h5-6,9-10,12-19,31,34,38,43H,4,7-8,11,20-30,32-33H2,1-3H3,(H,51,54)(H,55,56)/t38-,43-/m0/s1. The topological polar surface area (TPSA) is 191 Å². The smallest absolute Gasteiger partial charge is 0.303 e. The molecule has 1 amide bonds. The number of amides is 1. The fourth-order valence-electron chi connectivity index (χ4n) is 6.95. The van der Waals surface area contributed by atoms with Gasteiger partial charge in [-0.3, -0.25) is 19.4 Å². The van der Waals surface area contributed by atoms with E-state index in [4.69, 9.17) is 29.2 Å².